The molecular formula is C19H23N5O. The number of aryl methyl sites for hydroxylation is 2. The first kappa shape index (κ1) is 17.2. The van der Waals surface area contributed by atoms with Gasteiger partial charge in [0.2, 0.25) is 0 Å². The monoisotopic (exact) mass is 337 g/mol. The zero-order chi connectivity index (χ0) is 17.8. The van der Waals surface area contributed by atoms with Crippen molar-refractivity contribution in [3.05, 3.63) is 46.9 Å². The van der Waals surface area contributed by atoms with E-state index in [1.165, 1.54) is 0 Å². The Morgan fingerprint density at radius 3 is 2.64 bits per heavy atom. The van der Waals surface area contributed by atoms with Gasteiger partial charge in [0, 0.05) is 42.1 Å². The third kappa shape index (κ3) is 4.06. The second-order valence-corrected chi connectivity index (χ2v) is 6.46. The van der Waals surface area contributed by atoms with Gasteiger partial charge in [-0.05, 0) is 44.9 Å². The lowest BCUT2D eigenvalue weighted by Crippen LogP contribution is -2.39. The van der Waals surface area contributed by atoms with Crippen LogP contribution in [0.2, 0.25) is 0 Å². The minimum Gasteiger partial charge on any atom is -0.392 e. The van der Waals surface area contributed by atoms with E-state index in [1.54, 1.807) is 12.1 Å². The molecular weight excluding hydrogens is 314 g/mol. The number of piperidine rings is 1. The predicted molar refractivity (Wildman–Crippen MR) is 97.4 cm³/mol. The second-order valence-electron chi connectivity index (χ2n) is 6.46. The van der Waals surface area contributed by atoms with Crippen molar-refractivity contribution in [2.45, 2.75) is 39.3 Å². The van der Waals surface area contributed by atoms with E-state index in [4.69, 9.17) is 5.26 Å². The summed E-state index contributed by atoms with van der Waals surface area (Å²) in [4.78, 5) is 11.2. The quantitative estimate of drug-likeness (QED) is 0.892. The molecule has 0 unspecified atom stereocenters. The molecule has 1 aliphatic heterocycles. The molecule has 0 radical (unpaired) electrons. The van der Waals surface area contributed by atoms with Crippen LogP contribution in [0.15, 0.2) is 24.3 Å². The van der Waals surface area contributed by atoms with Crippen LogP contribution >= 0.6 is 0 Å². The van der Waals surface area contributed by atoms with Gasteiger partial charge in [-0.15, -0.1) is 0 Å². The predicted octanol–water partition coefficient (Wildman–Crippen LogP) is 2.54. The van der Waals surface area contributed by atoms with Gasteiger partial charge in [-0.2, -0.15) is 5.26 Å². The summed E-state index contributed by atoms with van der Waals surface area (Å²) in [6, 6.07) is 9.89. The number of nitrogens with one attached hydrogen (secondary N) is 1. The molecule has 2 N–H and O–H groups in total. The van der Waals surface area contributed by atoms with Crippen molar-refractivity contribution < 1.29 is 5.11 Å². The summed E-state index contributed by atoms with van der Waals surface area (Å²) < 4.78 is 0. The van der Waals surface area contributed by atoms with Crippen molar-refractivity contribution >= 4 is 11.5 Å². The van der Waals surface area contributed by atoms with Gasteiger partial charge >= 0.3 is 0 Å². The molecule has 1 aromatic carbocycles. The molecule has 2 aromatic rings. The van der Waals surface area contributed by atoms with E-state index in [-0.39, 0.29) is 6.61 Å². The van der Waals surface area contributed by atoms with Gasteiger partial charge in [0.25, 0.3) is 0 Å². The van der Waals surface area contributed by atoms with Gasteiger partial charge in [-0.1, -0.05) is 0 Å². The van der Waals surface area contributed by atoms with Crippen LogP contribution in [0.5, 0.6) is 0 Å². The van der Waals surface area contributed by atoms with Gasteiger partial charge in [0.1, 0.15) is 11.6 Å². The highest BCUT2D eigenvalue weighted by Gasteiger charge is 2.21. The topological polar surface area (TPSA) is 85.1 Å². The molecule has 0 bridgehead atoms. The van der Waals surface area contributed by atoms with E-state index in [0.29, 0.717) is 11.6 Å². The van der Waals surface area contributed by atoms with Crippen LogP contribution in [-0.2, 0) is 6.61 Å². The minimum atomic E-state index is -0.0732. The van der Waals surface area contributed by atoms with E-state index >= 15 is 0 Å². The summed E-state index contributed by atoms with van der Waals surface area (Å²) in [5.41, 5.74) is 3.24. The van der Waals surface area contributed by atoms with Gasteiger partial charge in [0.05, 0.1) is 18.2 Å². The lowest BCUT2D eigenvalue weighted by Gasteiger charge is -2.34. The first-order chi connectivity index (χ1) is 12.1. The summed E-state index contributed by atoms with van der Waals surface area (Å²) in [7, 11) is 0. The molecule has 1 saturated heterocycles. The highest BCUT2D eigenvalue weighted by atomic mass is 16.3. The van der Waals surface area contributed by atoms with E-state index in [9.17, 15) is 5.11 Å². The van der Waals surface area contributed by atoms with Crippen molar-refractivity contribution in [3.8, 4) is 6.07 Å². The third-order valence-electron chi connectivity index (χ3n) is 4.54. The largest absolute Gasteiger partial charge is 0.392 e. The first-order valence-corrected chi connectivity index (χ1v) is 8.56. The Kier molecular flexibility index (Phi) is 5.15. The van der Waals surface area contributed by atoms with Gasteiger partial charge in [0.15, 0.2) is 0 Å². The number of nitrogens with zero attached hydrogens (tertiary/aromatic N) is 4. The van der Waals surface area contributed by atoms with E-state index in [0.717, 1.165) is 54.5 Å². The van der Waals surface area contributed by atoms with Crippen LogP contribution in [0.3, 0.4) is 0 Å². The zero-order valence-corrected chi connectivity index (χ0v) is 14.7. The zero-order valence-electron chi connectivity index (χ0n) is 14.7. The summed E-state index contributed by atoms with van der Waals surface area (Å²) in [5, 5.41) is 22.0. The molecule has 1 aromatic heterocycles. The molecule has 1 aliphatic rings. The molecule has 2 heterocycles. The third-order valence-corrected chi connectivity index (χ3v) is 4.54. The SMILES string of the molecule is Cc1cc(N2CCC(Nc3ccc(C#N)cc3CO)CC2)nc(C)n1. The molecule has 0 aliphatic carbocycles. The highest BCUT2D eigenvalue weighted by molar-refractivity contribution is 5.55. The van der Waals surface area contributed by atoms with Gasteiger partial charge in [-0.3, -0.25) is 0 Å². The van der Waals surface area contributed by atoms with Crippen molar-refractivity contribution in [3.63, 3.8) is 0 Å². The molecule has 6 nitrogen and oxygen atoms in total. The fourth-order valence-corrected chi connectivity index (χ4v) is 3.27. The maximum atomic E-state index is 9.54. The number of benzene rings is 1. The molecule has 0 spiro atoms. The maximum Gasteiger partial charge on any atom is 0.132 e. The lowest BCUT2D eigenvalue weighted by molar-refractivity contribution is 0.282. The molecule has 0 amide bonds. The number of aromatic nitrogens is 2. The standard InChI is InChI=1S/C19H23N5O/c1-13-9-19(22-14(2)21-13)24-7-5-17(6-8-24)23-18-4-3-15(11-20)10-16(18)12-25/h3-4,9-10,17,23,25H,5-8,12H2,1-2H3. The Morgan fingerprint density at radius 1 is 1.24 bits per heavy atom. The normalized spacial score (nSPS) is 15.0. The fraction of sp³-hybridized carbons (Fsp3) is 0.421. The summed E-state index contributed by atoms with van der Waals surface area (Å²) >= 11 is 0. The number of nitriles is 1. The Balaban J connectivity index is 1.64. The maximum absolute atomic E-state index is 9.54. The molecule has 0 atom stereocenters. The molecule has 0 saturated carbocycles. The second kappa shape index (κ2) is 7.49. The molecule has 6 heteroatoms. The minimum absolute atomic E-state index is 0.0732. The van der Waals surface area contributed by atoms with Crippen molar-refractivity contribution in [1.29, 1.82) is 5.26 Å². The van der Waals surface area contributed by atoms with Crippen molar-refractivity contribution in [2.24, 2.45) is 0 Å². The van der Waals surface area contributed by atoms with E-state index in [2.05, 4.69) is 26.3 Å². The van der Waals surface area contributed by atoms with Crippen LogP contribution in [0, 0.1) is 25.2 Å². The smallest absolute Gasteiger partial charge is 0.132 e. The average Bonchev–Trinajstić information content (AvgIpc) is 2.62. The van der Waals surface area contributed by atoms with Crippen LogP contribution in [0.1, 0.15) is 35.5 Å². The first-order valence-electron chi connectivity index (χ1n) is 8.56. The number of rotatable bonds is 4. The highest BCUT2D eigenvalue weighted by Crippen LogP contribution is 2.24. The number of hydrogen-bond donors (Lipinski definition) is 2. The van der Waals surface area contributed by atoms with Crippen molar-refractivity contribution in [1.82, 2.24) is 9.97 Å². The summed E-state index contributed by atoms with van der Waals surface area (Å²) in [6.45, 7) is 5.70. The molecule has 1 fully saturated rings. The van der Waals surface area contributed by atoms with E-state index < -0.39 is 0 Å². The van der Waals surface area contributed by atoms with Gasteiger partial charge < -0.3 is 15.3 Å². The number of anilines is 2. The average molecular weight is 337 g/mol. The van der Waals surface area contributed by atoms with Gasteiger partial charge in [-0.25, -0.2) is 9.97 Å². The van der Waals surface area contributed by atoms with E-state index in [1.807, 2.05) is 26.0 Å². The number of hydrogen-bond acceptors (Lipinski definition) is 6. The Bertz CT molecular complexity index is 771. The Labute approximate surface area is 148 Å². The number of aliphatic hydroxyl groups is 1. The Morgan fingerprint density at radius 2 is 2.00 bits per heavy atom. The van der Waals surface area contributed by atoms with Crippen LogP contribution in [0.4, 0.5) is 11.5 Å². The summed E-state index contributed by atoms with van der Waals surface area (Å²) in [5.74, 6) is 1.80. The van der Waals surface area contributed by atoms with Crippen molar-refractivity contribution in [2.75, 3.05) is 23.3 Å². The van der Waals surface area contributed by atoms with Crippen LogP contribution < -0.4 is 10.2 Å². The van der Waals surface area contributed by atoms with Crippen LogP contribution in [-0.4, -0.2) is 34.2 Å². The molecule has 3 rings (SSSR count). The lowest BCUT2D eigenvalue weighted by atomic mass is 10.0. The summed E-state index contributed by atoms with van der Waals surface area (Å²) in [6.07, 6.45) is 1.99. The van der Waals surface area contributed by atoms with Crippen LogP contribution in [0.25, 0.3) is 0 Å². The number of aliphatic hydroxyl groups excluding tert-OH is 1. The fourth-order valence-electron chi connectivity index (χ4n) is 3.27. The molecule has 25 heavy (non-hydrogen) atoms. The Hall–Kier alpha value is -2.65. The molecule has 130 valence electrons.